The smallest absolute Gasteiger partial charge is 0.264 e. The van der Waals surface area contributed by atoms with E-state index in [4.69, 9.17) is 9.16 Å². The van der Waals surface area contributed by atoms with Crippen LogP contribution in [-0.2, 0) is 9.16 Å². The molecule has 0 saturated heterocycles. The minimum absolute atomic E-state index is 0.198. The van der Waals surface area contributed by atoms with E-state index in [1.807, 2.05) is 0 Å². The van der Waals surface area contributed by atoms with Crippen molar-refractivity contribution in [1.82, 2.24) is 0 Å². The molecule has 0 N–H and O–H groups in total. The highest BCUT2D eigenvalue weighted by molar-refractivity contribution is 6.74. The lowest BCUT2D eigenvalue weighted by atomic mass is 10.2. The second-order valence-electron chi connectivity index (χ2n) is 4.95. The van der Waals surface area contributed by atoms with Crippen LogP contribution in [0.25, 0.3) is 0 Å². The normalized spacial score (nSPS) is 11.5. The molecule has 0 aromatic rings. The van der Waals surface area contributed by atoms with Gasteiger partial charge in [0.15, 0.2) is 0 Å². The third kappa shape index (κ3) is 5.66. The lowest BCUT2D eigenvalue weighted by Gasteiger charge is -2.33. The van der Waals surface area contributed by atoms with Crippen LogP contribution in [0.2, 0.25) is 18.1 Å². The number of rotatable bonds is 4. The van der Waals surface area contributed by atoms with Crippen molar-refractivity contribution in [2.75, 3.05) is 13.2 Å². The van der Waals surface area contributed by atoms with Crippen molar-refractivity contribution in [1.29, 1.82) is 0 Å². The van der Waals surface area contributed by atoms with Crippen LogP contribution in [0.1, 0.15) is 20.8 Å². The zero-order chi connectivity index (χ0) is 11.9. The summed E-state index contributed by atoms with van der Waals surface area (Å²) in [5.74, 6) is 2.84. The fourth-order valence-electron chi connectivity index (χ4n) is 0.540. The molecule has 0 rings (SSSR count). The van der Waals surface area contributed by atoms with E-state index in [9.17, 15) is 0 Å². The van der Waals surface area contributed by atoms with Crippen LogP contribution in [0.3, 0.4) is 0 Å². The largest absolute Gasteiger partial charge is 0.500 e. The zero-order valence-electron chi connectivity index (χ0n) is 10.5. The van der Waals surface area contributed by atoms with Gasteiger partial charge in [0.1, 0.15) is 6.61 Å². The molecule has 0 heterocycles. The molecule has 0 unspecified atom stereocenters. The topological polar surface area (TPSA) is 18.5 Å². The molecule has 15 heavy (non-hydrogen) atoms. The Morgan fingerprint density at radius 2 is 1.93 bits per heavy atom. The van der Waals surface area contributed by atoms with Gasteiger partial charge in [-0.1, -0.05) is 26.8 Å². The second kappa shape index (κ2) is 5.99. The number of ether oxygens (including phenoxy) is 1. The van der Waals surface area contributed by atoms with Gasteiger partial charge >= 0.3 is 0 Å². The van der Waals surface area contributed by atoms with E-state index in [1.54, 1.807) is 6.08 Å². The molecule has 0 spiro atoms. The lowest BCUT2D eigenvalue weighted by Crippen LogP contribution is -2.39. The summed E-state index contributed by atoms with van der Waals surface area (Å²) in [5, 5.41) is 0.198. The van der Waals surface area contributed by atoms with Gasteiger partial charge in [-0.25, -0.2) is 0 Å². The SMILES string of the molecule is C=CCOCC#CO[Si](C)(C)C(C)(C)C. The Kier molecular flexibility index (Phi) is 5.70. The van der Waals surface area contributed by atoms with Gasteiger partial charge in [0.05, 0.1) is 12.7 Å². The summed E-state index contributed by atoms with van der Waals surface area (Å²) in [6.07, 6.45) is 4.45. The lowest BCUT2D eigenvalue weighted by molar-refractivity contribution is 0.199. The monoisotopic (exact) mass is 226 g/mol. The summed E-state index contributed by atoms with van der Waals surface area (Å²) in [7, 11) is -1.72. The molecule has 0 saturated carbocycles. The van der Waals surface area contributed by atoms with E-state index in [-0.39, 0.29) is 5.04 Å². The van der Waals surface area contributed by atoms with Gasteiger partial charge in [0.25, 0.3) is 8.32 Å². The van der Waals surface area contributed by atoms with Crippen LogP contribution < -0.4 is 0 Å². The van der Waals surface area contributed by atoms with Gasteiger partial charge in [0.2, 0.25) is 0 Å². The predicted molar refractivity (Wildman–Crippen MR) is 67.1 cm³/mol. The first-order valence-electron chi connectivity index (χ1n) is 5.16. The van der Waals surface area contributed by atoms with Crippen molar-refractivity contribution in [2.45, 2.75) is 38.9 Å². The Morgan fingerprint density at radius 3 is 2.40 bits per heavy atom. The van der Waals surface area contributed by atoms with Crippen LogP contribution >= 0.6 is 0 Å². The molecule has 0 aromatic carbocycles. The summed E-state index contributed by atoms with van der Waals surface area (Å²) >= 11 is 0. The molecule has 0 fully saturated rings. The molecule has 3 heteroatoms. The number of hydrogen-bond donors (Lipinski definition) is 0. The molecule has 0 bridgehead atoms. The molecular weight excluding hydrogens is 204 g/mol. The summed E-state index contributed by atoms with van der Waals surface area (Å²) in [6.45, 7) is 15.4. The van der Waals surface area contributed by atoms with Gasteiger partial charge in [-0.3, -0.25) is 0 Å². The van der Waals surface area contributed by atoms with Crippen molar-refractivity contribution in [3.63, 3.8) is 0 Å². The average molecular weight is 226 g/mol. The molecule has 0 aliphatic carbocycles. The minimum atomic E-state index is -1.72. The van der Waals surface area contributed by atoms with Crippen LogP contribution in [0.15, 0.2) is 12.7 Å². The highest BCUT2D eigenvalue weighted by atomic mass is 28.4. The van der Waals surface area contributed by atoms with Gasteiger partial charge in [-0.2, -0.15) is 0 Å². The highest BCUT2D eigenvalue weighted by Gasteiger charge is 2.38. The Balaban J connectivity index is 3.98. The van der Waals surface area contributed by atoms with E-state index in [2.05, 4.69) is 52.5 Å². The molecule has 0 radical (unpaired) electrons. The molecule has 2 nitrogen and oxygen atoms in total. The highest BCUT2D eigenvalue weighted by Crippen LogP contribution is 2.36. The van der Waals surface area contributed by atoms with Crippen LogP contribution in [0.5, 0.6) is 0 Å². The van der Waals surface area contributed by atoms with Crippen molar-refractivity contribution in [3.8, 4) is 12.0 Å². The third-order valence-corrected chi connectivity index (χ3v) is 6.82. The first kappa shape index (κ1) is 14.3. The molecule has 0 aliphatic rings. The van der Waals surface area contributed by atoms with Crippen LogP contribution in [0, 0.1) is 12.0 Å². The number of hydrogen-bond acceptors (Lipinski definition) is 2. The van der Waals surface area contributed by atoms with E-state index in [0.717, 1.165) is 0 Å². The van der Waals surface area contributed by atoms with Gasteiger partial charge in [0, 0.05) is 0 Å². The van der Waals surface area contributed by atoms with Gasteiger partial charge < -0.3 is 9.16 Å². The van der Waals surface area contributed by atoms with Crippen molar-refractivity contribution < 1.29 is 9.16 Å². The fourth-order valence-corrected chi connectivity index (χ4v) is 1.17. The first-order valence-corrected chi connectivity index (χ1v) is 8.06. The van der Waals surface area contributed by atoms with E-state index >= 15 is 0 Å². The molecular formula is C12H22O2Si. The van der Waals surface area contributed by atoms with Gasteiger partial charge in [-0.15, -0.1) is 6.58 Å². The summed E-state index contributed by atoms with van der Waals surface area (Å²) < 4.78 is 10.8. The third-order valence-electron chi connectivity index (χ3n) is 2.59. The fraction of sp³-hybridized carbons (Fsp3) is 0.667. The molecule has 0 aromatic heterocycles. The van der Waals surface area contributed by atoms with Crippen LogP contribution in [0.4, 0.5) is 0 Å². The Labute approximate surface area is 94.8 Å². The maximum absolute atomic E-state index is 5.65. The summed E-state index contributed by atoms with van der Waals surface area (Å²) in [6, 6.07) is 0. The maximum Gasteiger partial charge on any atom is 0.264 e. The second-order valence-corrected chi connectivity index (χ2v) is 9.67. The Morgan fingerprint density at radius 1 is 1.33 bits per heavy atom. The molecule has 0 atom stereocenters. The van der Waals surface area contributed by atoms with E-state index in [0.29, 0.717) is 13.2 Å². The minimum Gasteiger partial charge on any atom is -0.500 e. The molecule has 0 amide bonds. The van der Waals surface area contributed by atoms with Crippen LogP contribution in [-0.4, -0.2) is 21.5 Å². The summed E-state index contributed by atoms with van der Waals surface area (Å²) in [4.78, 5) is 0. The molecule has 86 valence electrons. The zero-order valence-corrected chi connectivity index (χ0v) is 11.5. The predicted octanol–water partition coefficient (Wildman–Crippen LogP) is 3.17. The van der Waals surface area contributed by atoms with E-state index < -0.39 is 8.32 Å². The van der Waals surface area contributed by atoms with Crippen molar-refractivity contribution >= 4 is 8.32 Å². The first-order chi connectivity index (χ1) is 6.81. The Bertz CT molecular complexity index is 253. The Hall–Kier alpha value is -0.723. The average Bonchev–Trinajstić information content (AvgIpc) is 2.09. The van der Waals surface area contributed by atoms with Crippen molar-refractivity contribution in [3.05, 3.63) is 12.7 Å². The summed E-state index contributed by atoms with van der Waals surface area (Å²) in [5.41, 5.74) is 0. The van der Waals surface area contributed by atoms with Crippen molar-refractivity contribution in [2.24, 2.45) is 0 Å². The quantitative estimate of drug-likeness (QED) is 0.317. The van der Waals surface area contributed by atoms with Gasteiger partial charge in [-0.05, 0) is 24.1 Å². The standard InChI is InChI=1S/C12H22O2Si/c1-7-9-13-10-8-11-14-15(5,6)12(2,3)4/h7H,1,9-10H2,2-6H3. The molecule has 0 aliphatic heterocycles. The van der Waals surface area contributed by atoms with E-state index in [1.165, 1.54) is 0 Å². The maximum atomic E-state index is 5.65.